The zero-order chi connectivity index (χ0) is 10.7. The zero-order valence-electron chi connectivity index (χ0n) is 9.03. The molecule has 0 heterocycles. The van der Waals surface area contributed by atoms with E-state index in [4.69, 9.17) is 5.26 Å². The lowest BCUT2D eigenvalue weighted by molar-refractivity contribution is 0.396. The average Bonchev–Trinajstić information content (AvgIpc) is 3.11. The molecule has 1 aromatic rings. The van der Waals surface area contributed by atoms with Crippen LogP contribution in [0.4, 0.5) is 0 Å². The molecule has 1 fully saturated rings. The van der Waals surface area contributed by atoms with Gasteiger partial charge in [0.25, 0.3) is 0 Å². The summed E-state index contributed by atoms with van der Waals surface area (Å²) in [5.41, 5.74) is 0.898. The summed E-state index contributed by atoms with van der Waals surface area (Å²) in [4.78, 5) is 0. The monoisotopic (exact) mass is 200 g/mol. The summed E-state index contributed by atoms with van der Waals surface area (Å²) in [6.07, 6.45) is 2.37. The normalized spacial score (nSPS) is 19.2. The molecule has 1 aliphatic carbocycles. The number of nitrogens with zero attached hydrogens (tertiary/aromatic N) is 1. The van der Waals surface area contributed by atoms with Crippen LogP contribution in [0.25, 0.3) is 0 Å². The Balaban J connectivity index is 1.95. The topological polar surface area (TPSA) is 35.8 Å². The van der Waals surface area contributed by atoms with Gasteiger partial charge in [0.1, 0.15) is 5.54 Å². The molecule has 2 heteroatoms. The van der Waals surface area contributed by atoms with Crippen molar-refractivity contribution in [1.29, 1.82) is 5.26 Å². The molecule has 2 rings (SSSR count). The van der Waals surface area contributed by atoms with Crippen molar-refractivity contribution in [2.45, 2.75) is 31.8 Å². The molecular weight excluding hydrogens is 184 g/mol. The highest BCUT2D eigenvalue weighted by Gasteiger charge is 2.41. The van der Waals surface area contributed by atoms with Crippen LogP contribution in [0.2, 0.25) is 0 Å². The van der Waals surface area contributed by atoms with Crippen molar-refractivity contribution in [2.75, 3.05) is 0 Å². The third-order valence-corrected chi connectivity index (χ3v) is 3.13. The summed E-state index contributed by atoms with van der Waals surface area (Å²) in [5.74, 6) is 0.547. The van der Waals surface area contributed by atoms with Crippen LogP contribution in [0.5, 0.6) is 0 Å². The Labute approximate surface area is 90.9 Å². The molecule has 1 N–H and O–H groups in total. The molecule has 0 radical (unpaired) electrons. The second kappa shape index (κ2) is 4.04. The number of benzene rings is 1. The molecule has 0 amide bonds. The number of hydrogen-bond donors (Lipinski definition) is 1. The van der Waals surface area contributed by atoms with Crippen molar-refractivity contribution in [2.24, 2.45) is 5.92 Å². The molecule has 0 bridgehead atoms. The Morgan fingerprint density at radius 2 is 2.07 bits per heavy atom. The maximum atomic E-state index is 9.16. The third kappa shape index (κ3) is 2.37. The van der Waals surface area contributed by atoms with Gasteiger partial charge in [-0.25, -0.2) is 0 Å². The van der Waals surface area contributed by atoms with Crippen LogP contribution in [0.15, 0.2) is 30.3 Å². The van der Waals surface area contributed by atoms with E-state index >= 15 is 0 Å². The molecule has 15 heavy (non-hydrogen) atoms. The Morgan fingerprint density at radius 1 is 1.40 bits per heavy atom. The Morgan fingerprint density at radius 3 is 2.60 bits per heavy atom. The summed E-state index contributed by atoms with van der Waals surface area (Å²) in [5, 5.41) is 12.5. The van der Waals surface area contributed by atoms with E-state index in [0.29, 0.717) is 5.92 Å². The Kier molecular flexibility index (Phi) is 2.75. The van der Waals surface area contributed by atoms with E-state index in [-0.39, 0.29) is 5.54 Å². The first-order valence-electron chi connectivity index (χ1n) is 5.45. The lowest BCUT2D eigenvalue weighted by atomic mass is 9.97. The SMILES string of the molecule is CC(C#N)(NCc1ccccc1)C1CC1. The largest absolute Gasteiger partial charge is 0.295 e. The summed E-state index contributed by atoms with van der Waals surface area (Å²) >= 11 is 0. The van der Waals surface area contributed by atoms with E-state index in [1.807, 2.05) is 25.1 Å². The zero-order valence-corrected chi connectivity index (χ0v) is 9.03. The summed E-state index contributed by atoms with van der Waals surface area (Å²) in [6.45, 7) is 2.79. The fraction of sp³-hybridized carbons (Fsp3) is 0.462. The first-order valence-corrected chi connectivity index (χ1v) is 5.45. The highest BCUT2D eigenvalue weighted by atomic mass is 15.0. The molecule has 1 aliphatic rings. The fourth-order valence-electron chi connectivity index (χ4n) is 1.82. The second-order valence-electron chi connectivity index (χ2n) is 4.43. The van der Waals surface area contributed by atoms with E-state index in [9.17, 15) is 0 Å². The van der Waals surface area contributed by atoms with Crippen molar-refractivity contribution >= 4 is 0 Å². The first-order chi connectivity index (χ1) is 7.24. The second-order valence-corrected chi connectivity index (χ2v) is 4.43. The molecule has 1 unspecified atom stereocenters. The number of nitriles is 1. The quantitative estimate of drug-likeness (QED) is 0.810. The van der Waals surface area contributed by atoms with Crippen molar-refractivity contribution in [1.82, 2.24) is 5.32 Å². The van der Waals surface area contributed by atoms with E-state index in [2.05, 4.69) is 23.5 Å². The maximum absolute atomic E-state index is 9.16. The highest BCUT2D eigenvalue weighted by Crippen LogP contribution is 2.39. The van der Waals surface area contributed by atoms with Gasteiger partial charge in [0.15, 0.2) is 0 Å². The minimum atomic E-state index is -0.337. The van der Waals surface area contributed by atoms with Gasteiger partial charge in [-0.3, -0.25) is 5.32 Å². The van der Waals surface area contributed by atoms with Gasteiger partial charge in [0.05, 0.1) is 6.07 Å². The number of hydrogen-bond acceptors (Lipinski definition) is 2. The van der Waals surface area contributed by atoms with Gasteiger partial charge >= 0.3 is 0 Å². The third-order valence-electron chi connectivity index (χ3n) is 3.13. The number of rotatable bonds is 4. The predicted molar refractivity (Wildman–Crippen MR) is 60.0 cm³/mol. The van der Waals surface area contributed by atoms with Crippen LogP contribution in [0.3, 0.4) is 0 Å². The molecule has 78 valence electrons. The molecule has 0 spiro atoms. The molecular formula is C13H16N2. The van der Waals surface area contributed by atoms with Crippen molar-refractivity contribution in [3.63, 3.8) is 0 Å². The van der Waals surface area contributed by atoms with Gasteiger partial charge < -0.3 is 0 Å². The summed E-state index contributed by atoms with van der Waals surface area (Å²) in [6, 6.07) is 12.6. The van der Waals surface area contributed by atoms with E-state index < -0.39 is 0 Å². The van der Waals surface area contributed by atoms with Crippen LogP contribution in [0, 0.1) is 17.2 Å². The van der Waals surface area contributed by atoms with Gasteiger partial charge in [-0.2, -0.15) is 5.26 Å². The lowest BCUT2D eigenvalue weighted by Gasteiger charge is -2.22. The van der Waals surface area contributed by atoms with Crippen LogP contribution in [-0.4, -0.2) is 5.54 Å². The van der Waals surface area contributed by atoms with Gasteiger partial charge in [-0.15, -0.1) is 0 Å². The maximum Gasteiger partial charge on any atom is 0.107 e. The molecule has 0 aliphatic heterocycles. The van der Waals surface area contributed by atoms with Crippen molar-refractivity contribution in [3.8, 4) is 6.07 Å². The van der Waals surface area contributed by atoms with Gasteiger partial charge in [0, 0.05) is 6.54 Å². The van der Waals surface area contributed by atoms with Gasteiger partial charge in [0.2, 0.25) is 0 Å². The van der Waals surface area contributed by atoms with E-state index in [0.717, 1.165) is 6.54 Å². The molecule has 0 saturated heterocycles. The van der Waals surface area contributed by atoms with Crippen molar-refractivity contribution in [3.05, 3.63) is 35.9 Å². The van der Waals surface area contributed by atoms with Crippen LogP contribution >= 0.6 is 0 Å². The number of nitrogens with one attached hydrogen (secondary N) is 1. The van der Waals surface area contributed by atoms with E-state index in [1.54, 1.807) is 0 Å². The minimum Gasteiger partial charge on any atom is -0.295 e. The van der Waals surface area contributed by atoms with E-state index in [1.165, 1.54) is 18.4 Å². The van der Waals surface area contributed by atoms with Crippen LogP contribution in [0.1, 0.15) is 25.3 Å². The predicted octanol–water partition coefficient (Wildman–Crippen LogP) is 2.47. The molecule has 2 nitrogen and oxygen atoms in total. The van der Waals surface area contributed by atoms with Crippen LogP contribution < -0.4 is 5.32 Å². The summed E-state index contributed by atoms with van der Waals surface area (Å²) in [7, 11) is 0. The standard InChI is InChI=1S/C13H16N2/c1-13(10-14,12-7-8-12)15-9-11-5-3-2-4-6-11/h2-6,12,15H,7-9H2,1H3. The first kappa shape index (κ1) is 10.2. The molecule has 0 aromatic heterocycles. The van der Waals surface area contributed by atoms with Gasteiger partial charge in [-0.05, 0) is 31.2 Å². The lowest BCUT2D eigenvalue weighted by Crippen LogP contribution is -2.42. The van der Waals surface area contributed by atoms with Crippen molar-refractivity contribution < 1.29 is 0 Å². The molecule has 1 atom stereocenters. The smallest absolute Gasteiger partial charge is 0.107 e. The Bertz CT molecular complexity index is 362. The Hall–Kier alpha value is -1.33. The fourth-order valence-corrected chi connectivity index (χ4v) is 1.82. The highest BCUT2D eigenvalue weighted by molar-refractivity contribution is 5.17. The molecule has 1 saturated carbocycles. The minimum absolute atomic E-state index is 0.337. The summed E-state index contributed by atoms with van der Waals surface area (Å²) < 4.78 is 0. The van der Waals surface area contributed by atoms with Crippen LogP contribution in [-0.2, 0) is 6.54 Å². The molecule has 1 aromatic carbocycles. The van der Waals surface area contributed by atoms with Gasteiger partial charge in [-0.1, -0.05) is 30.3 Å². The average molecular weight is 200 g/mol.